The lowest BCUT2D eigenvalue weighted by molar-refractivity contribution is -0.124. The summed E-state index contributed by atoms with van der Waals surface area (Å²) in [5, 5.41) is 3.10. The molecule has 1 aliphatic heterocycles. The second-order valence-corrected chi connectivity index (χ2v) is 6.13. The molecule has 2 rings (SSSR count). The monoisotopic (exact) mass is 289 g/mol. The zero-order valence-corrected chi connectivity index (χ0v) is 13.1. The van der Waals surface area contributed by atoms with E-state index < -0.39 is 6.04 Å². The van der Waals surface area contributed by atoms with Crippen molar-refractivity contribution in [1.82, 2.24) is 10.2 Å². The van der Waals surface area contributed by atoms with Gasteiger partial charge in [0.25, 0.3) is 0 Å². The Morgan fingerprint density at radius 1 is 1.43 bits per heavy atom. The normalized spacial score (nSPS) is 22.0. The smallest absolute Gasteiger partial charge is 0.237 e. The van der Waals surface area contributed by atoms with Crippen LogP contribution >= 0.6 is 0 Å². The fourth-order valence-corrected chi connectivity index (χ4v) is 2.75. The Balaban J connectivity index is 1.79. The maximum absolute atomic E-state index is 12.1. The Labute approximate surface area is 127 Å². The van der Waals surface area contributed by atoms with Crippen LogP contribution in [-0.4, -0.2) is 36.0 Å². The Hall–Kier alpha value is -1.39. The summed E-state index contributed by atoms with van der Waals surface area (Å²) in [6.45, 7) is 6.98. The average Bonchev–Trinajstić information content (AvgIpc) is 2.93. The second-order valence-electron chi connectivity index (χ2n) is 6.13. The molecule has 1 aromatic carbocycles. The largest absolute Gasteiger partial charge is 0.351 e. The van der Waals surface area contributed by atoms with E-state index in [2.05, 4.69) is 41.4 Å². The van der Waals surface area contributed by atoms with Gasteiger partial charge in [-0.2, -0.15) is 0 Å². The van der Waals surface area contributed by atoms with E-state index in [-0.39, 0.29) is 17.9 Å². The number of nitrogens with two attached hydrogens (primary N) is 1. The van der Waals surface area contributed by atoms with Gasteiger partial charge in [0.15, 0.2) is 0 Å². The van der Waals surface area contributed by atoms with Gasteiger partial charge in [-0.1, -0.05) is 50.6 Å². The first-order valence-corrected chi connectivity index (χ1v) is 7.92. The highest BCUT2D eigenvalue weighted by Gasteiger charge is 2.27. The first-order valence-electron chi connectivity index (χ1n) is 7.92. The van der Waals surface area contributed by atoms with Crippen molar-refractivity contribution in [2.24, 2.45) is 11.7 Å². The third kappa shape index (κ3) is 4.55. The Morgan fingerprint density at radius 3 is 2.81 bits per heavy atom. The van der Waals surface area contributed by atoms with Crippen LogP contribution in [0.5, 0.6) is 0 Å². The summed E-state index contributed by atoms with van der Waals surface area (Å²) in [4.78, 5) is 14.5. The van der Waals surface area contributed by atoms with Crippen molar-refractivity contribution in [3.63, 3.8) is 0 Å². The zero-order valence-electron chi connectivity index (χ0n) is 13.1. The molecule has 1 amide bonds. The van der Waals surface area contributed by atoms with E-state index >= 15 is 0 Å². The van der Waals surface area contributed by atoms with Gasteiger partial charge in [-0.15, -0.1) is 0 Å². The number of hydrogen-bond acceptors (Lipinski definition) is 3. The van der Waals surface area contributed by atoms with Gasteiger partial charge in [-0.3, -0.25) is 9.69 Å². The van der Waals surface area contributed by atoms with Gasteiger partial charge in [0.2, 0.25) is 5.91 Å². The van der Waals surface area contributed by atoms with E-state index in [4.69, 9.17) is 5.73 Å². The van der Waals surface area contributed by atoms with E-state index in [1.165, 1.54) is 5.56 Å². The van der Waals surface area contributed by atoms with Gasteiger partial charge in [0.05, 0.1) is 6.04 Å². The highest BCUT2D eigenvalue weighted by atomic mass is 16.2. The molecule has 3 atom stereocenters. The summed E-state index contributed by atoms with van der Waals surface area (Å²) in [5.74, 6) is 0.225. The molecule has 0 aromatic heterocycles. The quantitative estimate of drug-likeness (QED) is 0.839. The number of nitrogens with zero attached hydrogens (tertiary/aromatic N) is 1. The molecule has 0 radical (unpaired) electrons. The van der Waals surface area contributed by atoms with Crippen LogP contribution < -0.4 is 11.1 Å². The predicted molar refractivity (Wildman–Crippen MR) is 85.7 cm³/mol. The second kappa shape index (κ2) is 7.57. The Kier molecular flexibility index (Phi) is 5.76. The Morgan fingerprint density at radius 2 is 2.14 bits per heavy atom. The van der Waals surface area contributed by atoms with Crippen molar-refractivity contribution >= 4 is 5.91 Å². The van der Waals surface area contributed by atoms with Gasteiger partial charge in [-0.05, 0) is 17.9 Å². The molecule has 3 N–H and O–H groups in total. The van der Waals surface area contributed by atoms with E-state index in [9.17, 15) is 4.79 Å². The number of hydrogen-bond donors (Lipinski definition) is 2. The van der Waals surface area contributed by atoms with Crippen molar-refractivity contribution in [2.75, 3.05) is 13.1 Å². The maximum Gasteiger partial charge on any atom is 0.237 e. The zero-order chi connectivity index (χ0) is 15.2. The third-order valence-corrected chi connectivity index (χ3v) is 4.43. The first-order chi connectivity index (χ1) is 10.1. The first kappa shape index (κ1) is 16.0. The lowest BCUT2D eigenvalue weighted by atomic mass is 9.99. The number of amides is 1. The number of nitrogens with one attached hydrogen (secondary N) is 1. The minimum Gasteiger partial charge on any atom is -0.351 e. The predicted octanol–water partition coefficient (Wildman–Crippen LogP) is 1.75. The molecule has 1 fully saturated rings. The minimum atomic E-state index is -0.391. The highest BCUT2D eigenvalue weighted by Crippen LogP contribution is 2.14. The minimum absolute atomic E-state index is 0.00379. The third-order valence-electron chi connectivity index (χ3n) is 4.43. The molecule has 0 bridgehead atoms. The van der Waals surface area contributed by atoms with E-state index in [1.807, 2.05) is 13.0 Å². The molecule has 1 saturated heterocycles. The molecule has 1 unspecified atom stereocenters. The van der Waals surface area contributed by atoms with Crippen LogP contribution in [0.15, 0.2) is 30.3 Å². The van der Waals surface area contributed by atoms with Crippen molar-refractivity contribution < 1.29 is 4.79 Å². The molecule has 0 saturated carbocycles. The van der Waals surface area contributed by atoms with Crippen molar-refractivity contribution in [2.45, 2.75) is 45.3 Å². The molecule has 116 valence electrons. The van der Waals surface area contributed by atoms with Crippen LogP contribution in [-0.2, 0) is 11.3 Å². The molecule has 1 aromatic rings. The molecule has 21 heavy (non-hydrogen) atoms. The van der Waals surface area contributed by atoms with E-state index in [0.29, 0.717) is 0 Å². The fraction of sp³-hybridized carbons (Fsp3) is 0.588. The number of carbonyl (C=O) groups is 1. The summed E-state index contributed by atoms with van der Waals surface area (Å²) >= 11 is 0. The summed E-state index contributed by atoms with van der Waals surface area (Å²) in [6, 6.07) is 10.3. The van der Waals surface area contributed by atoms with Gasteiger partial charge >= 0.3 is 0 Å². The molecular weight excluding hydrogens is 262 g/mol. The summed E-state index contributed by atoms with van der Waals surface area (Å²) in [6.07, 6.45) is 1.94. The van der Waals surface area contributed by atoms with Crippen LogP contribution in [0, 0.1) is 5.92 Å². The molecule has 0 spiro atoms. The van der Waals surface area contributed by atoms with Gasteiger partial charge < -0.3 is 11.1 Å². The van der Waals surface area contributed by atoms with E-state index in [1.54, 1.807) is 0 Å². The van der Waals surface area contributed by atoms with Crippen LogP contribution in [0.2, 0.25) is 0 Å². The van der Waals surface area contributed by atoms with Gasteiger partial charge in [-0.25, -0.2) is 0 Å². The summed E-state index contributed by atoms with van der Waals surface area (Å²) in [5.41, 5.74) is 7.30. The van der Waals surface area contributed by atoms with Crippen LogP contribution in [0.1, 0.15) is 32.3 Å². The number of likely N-dealkylation sites (tertiary alicyclic amines) is 1. The lowest BCUT2D eigenvalue weighted by Gasteiger charge is -2.21. The lowest BCUT2D eigenvalue weighted by Crippen LogP contribution is -2.48. The van der Waals surface area contributed by atoms with Crippen LogP contribution in [0.25, 0.3) is 0 Å². The topological polar surface area (TPSA) is 58.4 Å². The SMILES string of the molecule is CC[C@H](C)[C@H](N)C(=O)NC1CCN(Cc2ccccc2)C1. The van der Waals surface area contributed by atoms with Crippen molar-refractivity contribution in [3.05, 3.63) is 35.9 Å². The molecule has 1 heterocycles. The summed E-state index contributed by atoms with van der Waals surface area (Å²) < 4.78 is 0. The summed E-state index contributed by atoms with van der Waals surface area (Å²) in [7, 11) is 0. The number of rotatable bonds is 6. The molecule has 0 aliphatic carbocycles. The molecule has 1 aliphatic rings. The molecule has 4 nitrogen and oxygen atoms in total. The van der Waals surface area contributed by atoms with Gasteiger partial charge in [0.1, 0.15) is 0 Å². The standard InChI is InChI=1S/C17H27N3O/c1-3-13(2)16(18)17(21)19-15-9-10-20(12-15)11-14-7-5-4-6-8-14/h4-8,13,15-16H,3,9-12,18H2,1-2H3,(H,19,21)/t13-,15?,16-/m0/s1. The maximum atomic E-state index is 12.1. The van der Waals surface area contributed by atoms with E-state index in [0.717, 1.165) is 32.5 Å². The average molecular weight is 289 g/mol. The van der Waals surface area contributed by atoms with Crippen LogP contribution in [0.3, 0.4) is 0 Å². The Bertz CT molecular complexity index is 449. The highest BCUT2D eigenvalue weighted by molar-refractivity contribution is 5.82. The van der Waals surface area contributed by atoms with Gasteiger partial charge in [0, 0.05) is 25.7 Å². The number of carbonyl (C=O) groups excluding carboxylic acids is 1. The van der Waals surface area contributed by atoms with Crippen molar-refractivity contribution in [3.8, 4) is 0 Å². The fourth-order valence-electron chi connectivity index (χ4n) is 2.75. The molecular formula is C17H27N3O. The number of benzene rings is 1. The van der Waals surface area contributed by atoms with Crippen molar-refractivity contribution in [1.29, 1.82) is 0 Å². The van der Waals surface area contributed by atoms with Crippen LogP contribution in [0.4, 0.5) is 0 Å². The molecule has 4 heteroatoms.